The van der Waals surface area contributed by atoms with E-state index < -0.39 is 10.2 Å². The highest BCUT2D eigenvalue weighted by Crippen LogP contribution is 2.25. The van der Waals surface area contributed by atoms with Crippen LogP contribution in [0.4, 0.5) is 5.69 Å². The van der Waals surface area contributed by atoms with Crippen molar-refractivity contribution in [2.24, 2.45) is 11.7 Å². The van der Waals surface area contributed by atoms with Crippen LogP contribution in [-0.4, -0.2) is 32.4 Å². The van der Waals surface area contributed by atoms with Crippen molar-refractivity contribution in [1.29, 1.82) is 0 Å². The number of piperidine rings is 1. The molecule has 2 heterocycles. The number of hydrogen-bond acceptors (Lipinski definition) is 4. The van der Waals surface area contributed by atoms with Crippen LogP contribution in [0.3, 0.4) is 0 Å². The Hall–Kier alpha value is -1.15. The van der Waals surface area contributed by atoms with Gasteiger partial charge in [0.2, 0.25) is 0 Å². The van der Waals surface area contributed by atoms with E-state index in [0.29, 0.717) is 25.3 Å². The van der Waals surface area contributed by atoms with Crippen molar-refractivity contribution < 1.29 is 8.42 Å². The van der Waals surface area contributed by atoms with E-state index in [1.54, 1.807) is 17.4 Å². The molecule has 1 aliphatic heterocycles. The number of nitrogens with zero attached hydrogens (tertiary/aromatic N) is 1. The second-order valence-electron chi connectivity index (χ2n) is 5.38. The van der Waals surface area contributed by atoms with E-state index in [2.05, 4.69) is 4.72 Å². The van der Waals surface area contributed by atoms with E-state index in [1.165, 1.54) is 4.31 Å². The van der Waals surface area contributed by atoms with E-state index in [1.807, 2.05) is 23.6 Å². The third kappa shape index (κ3) is 3.21. The van der Waals surface area contributed by atoms with Gasteiger partial charge in [0.15, 0.2) is 0 Å². The lowest BCUT2D eigenvalue weighted by atomic mass is 10.0. The summed E-state index contributed by atoms with van der Waals surface area (Å²) in [6.45, 7) is 1.60. The molecule has 1 aromatic heterocycles. The molecule has 3 rings (SSSR count). The molecule has 0 radical (unpaired) electrons. The summed E-state index contributed by atoms with van der Waals surface area (Å²) in [5, 5.41) is 3.05. The van der Waals surface area contributed by atoms with Gasteiger partial charge in [-0.25, -0.2) is 0 Å². The topological polar surface area (TPSA) is 75.4 Å². The van der Waals surface area contributed by atoms with E-state index in [4.69, 9.17) is 5.73 Å². The minimum absolute atomic E-state index is 0.259. The number of thiophene rings is 1. The third-order valence-electron chi connectivity index (χ3n) is 3.85. The van der Waals surface area contributed by atoms with Crippen molar-refractivity contribution in [3.05, 3.63) is 29.6 Å². The molecule has 0 aliphatic carbocycles. The molecule has 0 amide bonds. The highest BCUT2D eigenvalue weighted by Gasteiger charge is 2.28. The number of nitrogens with one attached hydrogen (secondary N) is 1. The van der Waals surface area contributed by atoms with E-state index in [0.717, 1.165) is 22.9 Å². The average molecular weight is 325 g/mol. The van der Waals surface area contributed by atoms with Crippen LogP contribution in [0.1, 0.15) is 12.8 Å². The maximum atomic E-state index is 12.5. The first kappa shape index (κ1) is 14.8. The summed E-state index contributed by atoms with van der Waals surface area (Å²) >= 11 is 1.64. The minimum atomic E-state index is -3.50. The summed E-state index contributed by atoms with van der Waals surface area (Å²) in [6, 6.07) is 7.61. The third-order valence-corrected chi connectivity index (χ3v) is 6.26. The van der Waals surface area contributed by atoms with Gasteiger partial charge in [-0.2, -0.15) is 12.7 Å². The lowest BCUT2D eigenvalue weighted by molar-refractivity contribution is 0.273. The first-order chi connectivity index (χ1) is 10.1. The van der Waals surface area contributed by atoms with Gasteiger partial charge in [-0.05, 0) is 60.3 Å². The summed E-state index contributed by atoms with van der Waals surface area (Å²) in [5.74, 6) is 0.259. The number of nitrogens with two attached hydrogens (primary N) is 1. The molecule has 0 bridgehead atoms. The number of hydrogen-bond donors (Lipinski definition) is 2. The van der Waals surface area contributed by atoms with Crippen LogP contribution < -0.4 is 10.5 Å². The van der Waals surface area contributed by atoms with Crippen LogP contribution in [0.15, 0.2) is 29.6 Å². The van der Waals surface area contributed by atoms with Crippen molar-refractivity contribution in [1.82, 2.24) is 4.31 Å². The predicted molar refractivity (Wildman–Crippen MR) is 87.7 cm³/mol. The summed E-state index contributed by atoms with van der Waals surface area (Å²) < 4.78 is 30.3. The van der Waals surface area contributed by atoms with E-state index >= 15 is 0 Å². The number of benzene rings is 1. The monoisotopic (exact) mass is 325 g/mol. The molecule has 7 heteroatoms. The molecule has 1 unspecified atom stereocenters. The molecule has 3 N–H and O–H groups in total. The molecule has 1 aliphatic rings. The Morgan fingerprint density at radius 1 is 1.38 bits per heavy atom. The highest BCUT2D eigenvalue weighted by molar-refractivity contribution is 7.90. The van der Waals surface area contributed by atoms with Gasteiger partial charge in [0.05, 0.1) is 5.69 Å². The molecular formula is C14H19N3O2S2. The van der Waals surface area contributed by atoms with Crippen LogP contribution in [-0.2, 0) is 10.2 Å². The van der Waals surface area contributed by atoms with Crippen molar-refractivity contribution in [2.45, 2.75) is 12.8 Å². The molecule has 1 saturated heterocycles. The fraction of sp³-hybridized carbons (Fsp3) is 0.429. The van der Waals surface area contributed by atoms with Crippen LogP contribution in [0.25, 0.3) is 10.1 Å². The van der Waals surface area contributed by atoms with Gasteiger partial charge >= 0.3 is 10.2 Å². The Balaban J connectivity index is 1.78. The van der Waals surface area contributed by atoms with Gasteiger partial charge in [0.1, 0.15) is 0 Å². The quantitative estimate of drug-likeness (QED) is 0.905. The predicted octanol–water partition coefficient (Wildman–Crippen LogP) is 2.23. The lowest BCUT2D eigenvalue weighted by Crippen LogP contribution is -2.44. The molecule has 1 fully saturated rings. The Morgan fingerprint density at radius 2 is 2.24 bits per heavy atom. The molecule has 0 spiro atoms. The average Bonchev–Trinajstić information content (AvgIpc) is 2.94. The standard InChI is InChI=1S/C14H19N3O2S2/c15-9-11-2-1-6-17(10-11)21(18,19)16-13-3-4-14-12(8-13)5-7-20-14/h3-5,7-8,11,16H,1-2,6,9-10,15H2. The van der Waals surface area contributed by atoms with Gasteiger partial charge in [-0.15, -0.1) is 11.3 Å². The molecule has 2 aromatic rings. The van der Waals surface area contributed by atoms with E-state index in [-0.39, 0.29) is 5.92 Å². The zero-order valence-electron chi connectivity index (χ0n) is 11.7. The summed E-state index contributed by atoms with van der Waals surface area (Å²) in [6.07, 6.45) is 1.87. The van der Waals surface area contributed by atoms with Gasteiger partial charge in [0.25, 0.3) is 0 Å². The van der Waals surface area contributed by atoms with Crippen molar-refractivity contribution in [2.75, 3.05) is 24.4 Å². The Morgan fingerprint density at radius 3 is 3.05 bits per heavy atom. The van der Waals surface area contributed by atoms with Gasteiger partial charge < -0.3 is 5.73 Å². The van der Waals surface area contributed by atoms with E-state index in [9.17, 15) is 8.42 Å². The number of rotatable bonds is 4. The van der Waals surface area contributed by atoms with Gasteiger partial charge in [0, 0.05) is 17.8 Å². The summed E-state index contributed by atoms with van der Waals surface area (Å²) in [5.41, 5.74) is 6.28. The summed E-state index contributed by atoms with van der Waals surface area (Å²) in [4.78, 5) is 0. The fourth-order valence-electron chi connectivity index (χ4n) is 2.68. The first-order valence-electron chi connectivity index (χ1n) is 7.04. The second-order valence-corrected chi connectivity index (χ2v) is 8.00. The second kappa shape index (κ2) is 5.92. The molecule has 0 saturated carbocycles. The summed E-state index contributed by atoms with van der Waals surface area (Å²) in [7, 11) is -3.50. The Kier molecular flexibility index (Phi) is 4.17. The van der Waals surface area contributed by atoms with Crippen molar-refractivity contribution in [3.8, 4) is 0 Å². The van der Waals surface area contributed by atoms with Crippen molar-refractivity contribution in [3.63, 3.8) is 0 Å². The molecular weight excluding hydrogens is 306 g/mol. The number of anilines is 1. The van der Waals surface area contributed by atoms with Crippen LogP contribution >= 0.6 is 11.3 Å². The largest absolute Gasteiger partial charge is 0.330 e. The number of fused-ring (bicyclic) bond motifs is 1. The zero-order valence-corrected chi connectivity index (χ0v) is 13.3. The maximum absolute atomic E-state index is 12.5. The van der Waals surface area contributed by atoms with Crippen LogP contribution in [0.5, 0.6) is 0 Å². The highest BCUT2D eigenvalue weighted by atomic mass is 32.2. The first-order valence-corrected chi connectivity index (χ1v) is 9.36. The van der Waals surface area contributed by atoms with Crippen LogP contribution in [0, 0.1) is 5.92 Å². The lowest BCUT2D eigenvalue weighted by Gasteiger charge is -2.31. The molecule has 1 aromatic carbocycles. The SMILES string of the molecule is NCC1CCCN(S(=O)(=O)Nc2ccc3sccc3c2)C1. The molecule has 5 nitrogen and oxygen atoms in total. The van der Waals surface area contributed by atoms with Gasteiger partial charge in [-0.3, -0.25) is 4.72 Å². The molecule has 1 atom stereocenters. The maximum Gasteiger partial charge on any atom is 0.301 e. The van der Waals surface area contributed by atoms with Crippen LogP contribution in [0.2, 0.25) is 0 Å². The smallest absolute Gasteiger partial charge is 0.301 e. The Bertz CT molecular complexity index is 727. The Labute approximate surface area is 128 Å². The normalized spacial score (nSPS) is 20.7. The molecule has 114 valence electrons. The fourth-order valence-corrected chi connectivity index (χ4v) is 4.78. The van der Waals surface area contributed by atoms with Crippen molar-refractivity contribution >= 4 is 37.3 Å². The van der Waals surface area contributed by atoms with Gasteiger partial charge in [-0.1, -0.05) is 0 Å². The minimum Gasteiger partial charge on any atom is -0.330 e. The molecule has 21 heavy (non-hydrogen) atoms. The zero-order chi connectivity index (χ0) is 14.9.